The molecule has 2 aromatic heterocycles. The normalized spacial score (nSPS) is 11.5. The average molecular weight is 268 g/mol. The van der Waals surface area contributed by atoms with Gasteiger partial charge in [-0.15, -0.1) is 0 Å². The van der Waals surface area contributed by atoms with Crippen LogP contribution in [-0.4, -0.2) is 28.5 Å². The first-order chi connectivity index (χ1) is 7.08. The molecule has 80 valence electrons. The van der Waals surface area contributed by atoms with Crippen molar-refractivity contribution in [2.24, 2.45) is 7.05 Å². The minimum Gasteiger partial charge on any atom is -0.331 e. The van der Waals surface area contributed by atoms with Gasteiger partial charge in [-0.1, -0.05) is 0 Å². The summed E-state index contributed by atoms with van der Waals surface area (Å²) in [6.45, 7) is 0.935. The minimum atomic E-state index is 0.935. The lowest BCUT2D eigenvalue weighted by atomic mass is 10.3. The van der Waals surface area contributed by atoms with E-state index in [0.29, 0.717) is 0 Å². The van der Waals surface area contributed by atoms with Gasteiger partial charge < -0.3 is 9.47 Å². The molecular formula is C11H14BrN3. The molecule has 0 bridgehead atoms. The summed E-state index contributed by atoms with van der Waals surface area (Å²) >= 11 is 3.43. The average Bonchev–Trinajstić information content (AvgIpc) is 2.42. The van der Waals surface area contributed by atoms with Crippen LogP contribution in [0.25, 0.3) is 11.0 Å². The van der Waals surface area contributed by atoms with Crippen molar-refractivity contribution in [3.05, 3.63) is 28.5 Å². The van der Waals surface area contributed by atoms with Crippen LogP contribution in [0.2, 0.25) is 0 Å². The van der Waals surface area contributed by atoms with Crippen LogP contribution in [0.5, 0.6) is 0 Å². The zero-order valence-corrected chi connectivity index (χ0v) is 10.7. The van der Waals surface area contributed by atoms with Crippen LogP contribution in [0.15, 0.2) is 22.8 Å². The Morgan fingerprint density at radius 2 is 2.13 bits per heavy atom. The monoisotopic (exact) mass is 267 g/mol. The molecule has 0 aliphatic heterocycles. The third-order valence-electron chi connectivity index (χ3n) is 2.41. The van der Waals surface area contributed by atoms with E-state index in [-0.39, 0.29) is 0 Å². The maximum absolute atomic E-state index is 4.41. The molecule has 0 aromatic carbocycles. The molecule has 3 nitrogen and oxygen atoms in total. The van der Waals surface area contributed by atoms with Crippen molar-refractivity contribution in [1.82, 2.24) is 14.5 Å². The van der Waals surface area contributed by atoms with E-state index < -0.39 is 0 Å². The van der Waals surface area contributed by atoms with Crippen molar-refractivity contribution in [2.75, 3.05) is 14.1 Å². The molecule has 0 atom stereocenters. The Morgan fingerprint density at radius 1 is 1.40 bits per heavy atom. The van der Waals surface area contributed by atoms with Gasteiger partial charge in [-0.25, -0.2) is 4.98 Å². The highest BCUT2D eigenvalue weighted by molar-refractivity contribution is 9.10. The Hall–Kier alpha value is -0.870. The quantitative estimate of drug-likeness (QED) is 0.834. The van der Waals surface area contributed by atoms with Gasteiger partial charge >= 0.3 is 0 Å². The van der Waals surface area contributed by atoms with Gasteiger partial charge in [-0.05, 0) is 42.2 Å². The van der Waals surface area contributed by atoms with Crippen LogP contribution in [0.1, 0.15) is 5.69 Å². The van der Waals surface area contributed by atoms with Crippen LogP contribution >= 0.6 is 15.9 Å². The number of halogens is 1. The Labute approximate surface area is 97.8 Å². The molecule has 0 fully saturated rings. The lowest BCUT2D eigenvalue weighted by molar-refractivity contribution is 0.392. The number of aromatic nitrogens is 2. The molecule has 2 aromatic rings. The first-order valence-electron chi connectivity index (χ1n) is 4.82. The second-order valence-electron chi connectivity index (χ2n) is 4.00. The molecule has 2 heterocycles. The van der Waals surface area contributed by atoms with Crippen LogP contribution in [0.4, 0.5) is 0 Å². The highest BCUT2D eigenvalue weighted by Crippen LogP contribution is 2.20. The third-order valence-corrected chi connectivity index (χ3v) is 2.84. The summed E-state index contributed by atoms with van der Waals surface area (Å²) in [7, 11) is 6.20. The summed E-state index contributed by atoms with van der Waals surface area (Å²) in [6, 6.07) is 4.29. The van der Waals surface area contributed by atoms with Crippen molar-refractivity contribution in [3.63, 3.8) is 0 Å². The molecule has 0 unspecified atom stereocenters. The fourth-order valence-corrected chi connectivity index (χ4v) is 2.07. The van der Waals surface area contributed by atoms with E-state index in [0.717, 1.165) is 16.7 Å². The van der Waals surface area contributed by atoms with Gasteiger partial charge in [-0.2, -0.15) is 0 Å². The highest BCUT2D eigenvalue weighted by Gasteiger charge is 2.07. The second kappa shape index (κ2) is 3.94. The number of fused-ring (bicyclic) bond motifs is 1. The molecule has 0 aliphatic rings. The number of rotatable bonds is 2. The van der Waals surface area contributed by atoms with E-state index >= 15 is 0 Å². The molecule has 0 saturated carbocycles. The van der Waals surface area contributed by atoms with Crippen LogP contribution < -0.4 is 0 Å². The smallest absolute Gasteiger partial charge is 0.139 e. The summed E-state index contributed by atoms with van der Waals surface area (Å²) in [6.07, 6.45) is 1.84. The van der Waals surface area contributed by atoms with Crippen LogP contribution in [0, 0.1) is 0 Å². The molecule has 0 N–H and O–H groups in total. The summed E-state index contributed by atoms with van der Waals surface area (Å²) in [4.78, 5) is 6.56. The number of aryl methyl sites for hydroxylation is 1. The molecule has 0 saturated heterocycles. The predicted octanol–water partition coefficient (Wildman–Crippen LogP) is 2.40. The second-order valence-corrected chi connectivity index (χ2v) is 4.91. The van der Waals surface area contributed by atoms with Crippen LogP contribution in [0.3, 0.4) is 0 Å². The summed E-state index contributed by atoms with van der Waals surface area (Å²) in [5.74, 6) is 0. The van der Waals surface area contributed by atoms with Gasteiger partial charge in [0.15, 0.2) is 0 Å². The maximum atomic E-state index is 4.41. The van der Waals surface area contributed by atoms with Crippen molar-refractivity contribution in [1.29, 1.82) is 0 Å². The molecule has 0 aliphatic carbocycles. The first-order valence-corrected chi connectivity index (χ1v) is 5.62. The molecular weight excluding hydrogens is 254 g/mol. The summed E-state index contributed by atoms with van der Waals surface area (Å²) in [5.41, 5.74) is 2.32. The van der Waals surface area contributed by atoms with Crippen molar-refractivity contribution >= 4 is 27.0 Å². The zero-order chi connectivity index (χ0) is 11.0. The molecule has 0 radical (unpaired) electrons. The number of nitrogens with zero attached hydrogens (tertiary/aromatic N) is 3. The van der Waals surface area contributed by atoms with E-state index in [1.165, 1.54) is 11.1 Å². The number of hydrogen-bond acceptors (Lipinski definition) is 2. The molecule has 0 spiro atoms. The fourth-order valence-electron chi connectivity index (χ4n) is 1.72. The zero-order valence-electron chi connectivity index (χ0n) is 9.16. The summed E-state index contributed by atoms with van der Waals surface area (Å²) < 4.78 is 3.17. The Balaban J connectivity index is 2.54. The van der Waals surface area contributed by atoms with Gasteiger partial charge in [0.25, 0.3) is 0 Å². The minimum absolute atomic E-state index is 0.935. The lowest BCUT2D eigenvalue weighted by Crippen LogP contribution is -2.13. The molecule has 0 amide bonds. The van der Waals surface area contributed by atoms with E-state index in [1.807, 2.05) is 6.20 Å². The third kappa shape index (κ3) is 2.06. The van der Waals surface area contributed by atoms with Crippen molar-refractivity contribution < 1.29 is 0 Å². The standard InChI is InChI=1S/C11H14BrN3/c1-14(2)7-10-5-8-4-9(12)6-13-11(8)15(10)3/h4-6H,7H2,1-3H3. The van der Waals surface area contributed by atoms with E-state index in [1.54, 1.807) is 0 Å². The SMILES string of the molecule is CN(C)Cc1cc2cc(Br)cnc2n1C. The van der Waals surface area contributed by atoms with Crippen LogP contribution in [-0.2, 0) is 13.6 Å². The van der Waals surface area contributed by atoms with Crippen molar-refractivity contribution in [3.8, 4) is 0 Å². The van der Waals surface area contributed by atoms with Gasteiger partial charge in [0, 0.05) is 35.3 Å². The van der Waals surface area contributed by atoms with Gasteiger partial charge in [0.2, 0.25) is 0 Å². The number of pyridine rings is 1. The molecule has 15 heavy (non-hydrogen) atoms. The lowest BCUT2D eigenvalue weighted by Gasteiger charge is -2.09. The van der Waals surface area contributed by atoms with Gasteiger partial charge in [0.05, 0.1) is 0 Å². The Kier molecular flexibility index (Phi) is 2.80. The fraction of sp³-hybridized carbons (Fsp3) is 0.364. The Bertz CT molecular complexity index is 488. The summed E-state index contributed by atoms with van der Waals surface area (Å²) in [5, 5.41) is 1.18. The first kappa shape index (κ1) is 10.6. The van der Waals surface area contributed by atoms with Gasteiger partial charge in [-0.3, -0.25) is 0 Å². The van der Waals surface area contributed by atoms with E-state index in [4.69, 9.17) is 0 Å². The molecule has 4 heteroatoms. The Morgan fingerprint density at radius 3 is 2.80 bits per heavy atom. The van der Waals surface area contributed by atoms with Crippen molar-refractivity contribution in [2.45, 2.75) is 6.54 Å². The predicted molar refractivity (Wildman–Crippen MR) is 65.8 cm³/mol. The maximum Gasteiger partial charge on any atom is 0.139 e. The van der Waals surface area contributed by atoms with Gasteiger partial charge in [0.1, 0.15) is 5.65 Å². The van der Waals surface area contributed by atoms with E-state index in [2.05, 4.69) is 63.7 Å². The van der Waals surface area contributed by atoms with E-state index in [9.17, 15) is 0 Å². The molecule has 2 rings (SSSR count). The highest BCUT2D eigenvalue weighted by atomic mass is 79.9. The number of hydrogen-bond donors (Lipinski definition) is 0. The largest absolute Gasteiger partial charge is 0.331 e. The topological polar surface area (TPSA) is 21.1 Å².